The van der Waals surface area contributed by atoms with Crippen LogP contribution >= 0.6 is 0 Å². The maximum atomic E-state index is 14.4. The van der Waals surface area contributed by atoms with Crippen molar-refractivity contribution in [3.63, 3.8) is 0 Å². The van der Waals surface area contributed by atoms with Gasteiger partial charge in [0.15, 0.2) is 0 Å². The molecule has 9 nitrogen and oxygen atoms in total. The summed E-state index contributed by atoms with van der Waals surface area (Å²) in [6, 6.07) is 21.7. The Bertz CT molecular complexity index is 1400. The van der Waals surface area contributed by atoms with Crippen LogP contribution in [0.25, 0.3) is 0 Å². The summed E-state index contributed by atoms with van der Waals surface area (Å²) < 4.78 is 18.1. The number of carbonyl (C=O) groups is 2. The van der Waals surface area contributed by atoms with Gasteiger partial charge >= 0.3 is 0 Å². The van der Waals surface area contributed by atoms with Crippen molar-refractivity contribution in [3.05, 3.63) is 89.5 Å². The molecule has 0 bridgehead atoms. The number of carbonyl (C=O) groups excluding carboxylic acids is 2. The second kappa shape index (κ2) is 17.1. The average molecular weight is 632 g/mol. The number of aliphatic hydroxyl groups is 1. The van der Waals surface area contributed by atoms with Crippen molar-refractivity contribution in [2.45, 2.75) is 64.8 Å². The van der Waals surface area contributed by atoms with Gasteiger partial charge in [-0.3, -0.25) is 14.5 Å². The van der Waals surface area contributed by atoms with Crippen LogP contribution in [0.2, 0.25) is 0 Å². The number of anilines is 1. The highest BCUT2D eigenvalue weighted by Gasteiger charge is 2.30. The van der Waals surface area contributed by atoms with E-state index in [1.54, 1.807) is 54.5 Å². The Morgan fingerprint density at radius 3 is 2.52 bits per heavy atom. The minimum Gasteiger partial charge on any atom is -0.497 e. The van der Waals surface area contributed by atoms with Crippen LogP contribution in [-0.2, 0) is 11.3 Å². The average Bonchev–Trinajstić information content (AvgIpc) is 3.06. The molecule has 4 rings (SSSR count). The Hall–Kier alpha value is -3.92. The van der Waals surface area contributed by atoms with Gasteiger partial charge in [0.2, 0.25) is 0 Å². The van der Waals surface area contributed by atoms with Crippen LogP contribution < -0.4 is 14.8 Å². The molecule has 1 aliphatic rings. The molecule has 0 fully saturated rings. The molecule has 0 unspecified atom stereocenters. The van der Waals surface area contributed by atoms with Gasteiger partial charge in [0, 0.05) is 43.4 Å². The first-order chi connectivity index (χ1) is 22.2. The van der Waals surface area contributed by atoms with Crippen molar-refractivity contribution >= 4 is 17.5 Å². The summed E-state index contributed by atoms with van der Waals surface area (Å²) in [4.78, 5) is 31.2. The zero-order chi connectivity index (χ0) is 33.1. The second-order valence-electron chi connectivity index (χ2n) is 12.4. The summed E-state index contributed by atoms with van der Waals surface area (Å²) in [5, 5.41) is 13.2. The molecule has 2 amide bonds. The van der Waals surface area contributed by atoms with Crippen molar-refractivity contribution in [1.82, 2.24) is 9.80 Å². The molecule has 1 aliphatic heterocycles. The number of hydrogen-bond donors (Lipinski definition) is 2. The lowest BCUT2D eigenvalue weighted by Crippen LogP contribution is -2.47. The number of amides is 2. The first kappa shape index (κ1) is 34.9. The van der Waals surface area contributed by atoms with Crippen LogP contribution in [0.4, 0.5) is 5.69 Å². The highest BCUT2D eigenvalue weighted by Crippen LogP contribution is 2.29. The Morgan fingerprint density at radius 2 is 1.83 bits per heavy atom. The number of aliphatic hydroxyl groups excluding tert-OH is 1. The van der Waals surface area contributed by atoms with Gasteiger partial charge in [0.05, 0.1) is 37.5 Å². The molecule has 0 saturated carbocycles. The lowest BCUT2D eigenvalue weighted by molar-refractivity contribution is -0.0177. The Labute approximate surface area is 273 Å². The van der Waals surface area contributed by atoms with Crippen LogP contribution in [0.3, 0.4) is 0 Å². The third-order valence-corrected chi connectivity index (χ3v) is 8.45. The van der Waals surface area contributed by atoms with Crippen molar-refractivity contribution in [3.8, 4) is 11.5 Å². The van der Waals surface area contributed by atoms with Gasteiger partial charge in [-0.2, -0.15) is 0 Å². The molecule has 46 heavy (non-hydrogen) atoms. The van der Waals surface area contributed by atoms with E-state index in [0.29, 0.717) is 42.3 Å². The molecular formula is C37H49N3O6. The highest BCUT2D eigenvalue weighted by molar-refractivity contribution is 6.05. The molecule has 2 N–H and O–H groups in total. The molecule has 4 atom stereocenters. The van der Waals surface area contributed by atoms with E-state index in [1.165, 1.54) is 5.56 Å². The lowest BCUT2D eigenvalue weighted by Gasteiger charge is -2.36. The number of nitrogens with one attached hydrogen (secondary N) is 1. The fourth-order valence-corrected chi connectivity index (χ4v) is 5.67. The molecule has 1 heterocycles. The van der Waals surface area contributed by atoms with Crippen molar-refractivity contribution in [1.29, 1.82) is 0 Å². The van der Waals surface area contributed by atoms with E-state index in [-0.39, 0.29) is 36.5 Å². The number of rotatable bonds is 9. The Morgan fingerprint density at radius 1 is 1.09 bits per heavy atom. The maximum absolute atomic E-state index is 14.4. The maximum Gasteiger partial charge on any atom is 0.258 e. The van der Waals surface area contributed by atoms with E-state index < -0.39 is 6.04 Å². The van der Waals surface area contributed by atoms with Gasteiger partial charge in [-0.25, -0.2) is 0 Å². The van der Waals surface area contributed by atoms with E-state index >= 15 is 0 Å². The van der Waals surface area contributed by atoms with Crippen molar-refractivity contribution in [2.75, 3.05) is 45.8 Å². The molecule has 3 aromatic carbocycles. The number of hydrogen-bond acceptors (Lipinski definition) is 7. The summed E-state index contributed by atoms with van der Waals surface area (Å²) in [5.41, 5.74) is 2.52. The summed E-state index contributed by atoms with van der Waals surface area (Å²) in [6.07, 6.45) is 2.35. The van der Waals surface area contributed by atoms with E-state index in [2.05, 4.69) is 36.3 Å². The quantitative estimate of drug-likeness (QED) is 0.305. The van der Waals surface area contributed by atoms with Gasteiger partial charge < -0.3 is 29.5 Å². The highest BCUT2D eigenvalue weighted by atomic mass is 16.5. The lowest BCUT2D eigenvalue weighted by atomic mass is 10.0. The van der Waals surface area contributed by atoms with Crippen LogP contribution in [0.5, 0.6) is 11.5 Å². The number of likely N-dealkylation sites (N-methyl/N-ethyl adjacent to an activating group) is 1. The molecular weight excluding hydrogens is 582 g/mol. The van der Waals surface area contributed by atoms with Gasteiger partial charge in [0.25, 0.3) is 11.8 Å². The normalized spacial score (nSPS) is 20.3. The fraction of sp³-hybridized carbons (Fsp3) is 0.459. The van der Waals surface area contributed by atoms with E-state index in [0.717, 1.165) is 31.6 Å². The van der Waals surface area contributed by atoms with Crippen molar-refractivity contribution in [2.24, 2.45) is 5.92 Å². The summed E-state index contributed by atoms with van der Waals surface area (Å²) >= 11 is 0. The Balaban J connectivity index is 1.59. The molecule has 9 heteroatoms. The Kier molecular flexibility index (Phi) is 13.0. The SMILES string of the molecule is COc1ccc(CN(C)C[C@@H]2OCCCC[C@H](C)Oc3ccc(NC(=O)c4ccccc4)cc3C(=O)N([C@@H](C)CO)C[C@@H]2C)cc1. The standard InChI is InChI=1S/C37H49N3O6/c1-26-22-40(27(2)25-41)37(43)33-21-31(38-36(42)30-12-7-6-8-13-30)16-19-34(33)46-28(3)11-9-10-20-45-35(26)24-39(4)23-29-14-17-32(44-5)18-15-29/h6-8,12-19,21,26-28,35,41H,9-11,20,22-25H2,1-5H3,(H,38,42)/t26-,27-,28-,35-/m0/s1. The predicted octanol–water partition coefficient (Wildman–Crippen LogP) is 5.88. The van der Waals surface area contributed by atoms with E-state index in [9.17, 15) is 14.7 Å². The molecule has 0 aromatic heterocycles. The number of ether oxygens (including phenoxy) is 3. The smallest absolute Gasteiger partial charge is 0.258 e. The first-order valence-electron chi connectivity index (χ1n) is 16.2. The topological polar surface area (TPSA) is 101 Å². The third kappa shape index (κ3) is 9.79. The van der Waals surface area contributed by atoms with E-state index in [1.807, 2.05) is 32.0 Å². The molecule has 0 spiro atoms. The first-order valence-corrected chi connectivity index (χ1v) is 16.2. The largest absolute Gasteiger partial charge is 0.497 e. The zero-order valence-corrected chi connectivity index (χ0v) is 27.8. The molecule has 0 saturated heterocycles. The van der Waals surface area contributed by atoms with Crippen LogP contribution in [0.15, 0.2) is 72.8 Å². The number of nitrogens with zero attached hydrogens (tertiary/aromatic N) is 2. The number of benzene rings is 3. The molecule has 0 radical (unpaired) electrons. The van der Waals surface area contributed by atoms with Crippen LogP contribution in [0.1, 0.15) is 66.3 Å². The number of methoxy groups -OCH3 is 1. The molecule has 0 aliphatic carbocycles. The minimum atomic E-state index is -0.451. The van der Waals surface area contributed by atoms with Gasteiger partial charge in [-0.15, -0.1) is 0 Å². The molecule has 248 valence electrons. The van der Waals surface area contributed by atoms with Crippen LogP contribution in [-0.4, -0.2) is 85.4 Å². The van der Waals surface area contributed by atoms with Gasteiger partial charge in [-0.1, -0.05) is 37.3 Å². The predicted molar refractivity (Wildman–Crippen MR) is 181 cm³/mol. The van der Waals surface area contributed by atoms with E-state index in [4.69, 9.17) is 14.2 Å². The zero-order valence-electron chi connectivity index (χ0n) is 27.8. The summed E-state index contributed by atoms with van der Waals surface area (Å²) in [7, 11) is 3.74. The second-order valence-corrected chi connectivity index (χ2v) is 12.4. The van der Waals surface area contributed by atoms with Gasteiger partial charge in [-0.05, 0) is 88.2 Å². The monoisotopic (exact) mass is 631 g/mol. The molecule has 3 aromatic rings. The third-order valence-electron chi connectivity index (χ3n) is 8.45. The minimum absolute atomic E-state index is 0.0385. The number of fused-ring (bicyclic) bond motifs is 1. The summed E-state index contributed by atoms with van der Waals surface area (Å²) in [5.74, 6) is 0.708. The fourth-order valence-electron chi connectivity index (χ4n) is 5.67. The van der Waals surface area contributed by atoms with Crippen molar-refractivity contribution < 1.29 is 28.9 Å². The van der Waals surface area contributed by atoms with Gasteiger partial charge in [0.1, 0.15) is 11.5 Å². The van der Waals surface area contributed by atoms with Crippen LogP contribution in [0, 0.1) is 5.92 Å². The summed E-state index contributed by atoms with van der Waals surface area (Å²) in [6.45, 7) is 8.14.